The third-order valence-electron chi connectivity index (χ3n) is 2.47. The number of nitrogens with zero attached hydrogens (tertiary/aromatic N) is 2. The van der Waals surface area contributed by atoms with Crippen molar-refractivity contribution in [3.05, 3.63) is 45.9 Å². The van der Waals surface area contributed by atoms with Gasteiger partial charge < -0.3 is 15.7 Å². The maximum atomic E-state index is 11.7. The number of carboxylic acid groups (broad SMARTS) is 1. The number of amides is 2. The van der Waals surface area contributed by atoms with Gasteiger partial charge in [0.25, 0.3) is 0 Å². The molecule has 0 radical (unpaired) electrons. The van der Waals surface area contributed by atoms with Crippen molar-refractivity contribution in [1.29, 1.82) is 5.26 Å². The van der Waals surface area contributed by atoms with Crippen molar-refractivity contribution in [2.24, 2.45) is 0 Å². The van der Waals surface area contributed by atoms with E-state index >= 15 is 0 Å². The number of para-hydroxylation sites is 1. The number of nitrogens with one attached hydrogen (secondary N) is 2. The third kappa shape index (κ3) is 3.77. The molecular formula is C13H10N4O3S. The normalized spacial score (nSPS) is 9.67. The quantitative estimate of drug-likeness (QED) is 0.799. The Morgan fingerprint density at radius 2 is 2.14 bits per heavy atom. The molecule has 1 heterocycles. The van der Waals surface area contributed by atoms with E-state index in [-0.39, 0.29) is 12.2 Å². The first kappa shape index (κ1) is 14.5. The molecule has 106 valence electrons. The number of thiazole rings is 1. The van der Waals surface area contributed by atoms with E-state index in [1.807, 2.05) is 6.07 Å². The Morgan fingerprint density at radius 1 is 1.38 bits per heavy atom. The van der Waals surface area contributed by atoms with E-state index in [1.165, 1.54) is 5.38 Å². The number of rotatable bonds is 4. The Hall–Kier alpha value is -2.92. The smallest absolute Gasteiger partial charge is 0.355 e. The second kappa shape index (κ2) is 6.49. The van der Waals surface area contributed by atoms with E-state index in [1.54, 1.807) is 24.3 Å². The summed E-state index contributed by atoms with van der Waals surface area (Å²) in [6.45, 7) is 0.110. The van der Waals surface area contributed by atoms with E-state index in [2.05, 4.69) is 15.6 Å². The first-order chi connectivity index (χ1) is 10.1. The first-order valence-corrected chi connectivity index (χ1v) is 6.70. The lowest BCUT2D eigenvalue weighted by Crippen LogP contribution is -2.28. The van der Waals surface area contributed by atoms with E-state index < -0.39 is 12.0 Å². The molecule has 8 heteroatoms. The lowest BCUT2D eigenvalue weighted by atomic mass is 10.2. The Morgan fingerprint density at radius 3 is 2.81 bits per heavy atom. The van der Waals surface area contributed by atoms with Crippen LogP contribution in [0.5, 0.6) is 0 Å². The maximum Gasteiger partial charge on any atom is 0.355 e. The van der Waals surface area contributed by atoms with Gasteiger partial charge in [0, 0.05) is 5.38 Å². The van der Waals surface area contributed by atoms with Crippen molar-refractivity contribution in [3.8, 4) is 6.07 Å². The summed E-state index contributed by atoms with van der Waals surface area (Å²) in [5, 5.41) is 24.6. The van der Waals surface area contributed by atoms with Crippen LogP contribution in [-0.4, -0.2) is 22.1 Å². The minimum atomic E-state index is -1.11. The van der Waals surface area contributed by atoms with Gasteiger partial charge in [-0.2, -0.15) is 5.26 Å². The zero-order valence-corrected chi connectivity index (χ0v) is 11.5. The Kier molecular flexibility index (Phi) is 4.48. The van der Waals surface area contributed by atoms with Crippen LogP contribution in [0.25, 0.3) is 0 Å². The van der Waals surface area contributed by atoms with E-state index in [4.69, 9.17) is 10.4 Å². The number of carbonyl (C=O) groups excluding carboxylic acids is 1. The summed E-state index contributed by atoms with van der Waals surface area (Å²) in [7, 11) is 0. The number of hydrogen-bond acceptors (Lipinski definition) is 5. The van der Waals surface area contributed by atoms with Crippen LogP contribution in [0.1, 0.15) is 21.1 Å². The summed E-state index contributed by atoms with van der Waals surface area (Å²) in [4.78, 5) is 26.2. The molecule has 2 rings (SSSR count). The number of nitriles is 1. The van der Waals surface area contributed by atoms with Crippen LogP contribution in [-0.2, 0) is 6.54 Å². The average Bonchev–Trinajstić information content (AvgIpc) is 2.95. The molecule has 0 saturated heterocycles. The molecule has 0 bridgehead atoms. The highest BCUT2D eigenvalue weighted by Gasteiger charge is 2.10. The number of carboxylic acids is 1. The molecule has 0 saturated carbocycles. The van der Waals surface area contributed by atoms with Gasteiger partial charge in [0.1, 0.15) is 11.1 Å². The molecule has 0 unspecified atom stereocenters. The molecule has 0 aliphatic rings. The highest BCUT2D eigenvalue weighted by molar-refractivity contribution is 7.09. The summed E-state index contributed by atoms with van der Waals surface area (Å²) in [5.41, 5.74) is 0.713. The van der Waals surface area contributed by atoms with E-state index in [0.717, 1.165) is 11.3 Å². The Bertz CT molecular complexity index is 720. The number of carbonyl (C=O) groups is 2. The molecule has 3 N–H and O–H groups in total. The standard InChI is InChI=1S/C13H10N4O3S/c14-5-8-3-1-2-4-9(8)17-13(20)15-6-11-16-10(7-21-11)12(18)19/h1-4,7H,6H2,(H,18,19)(H2,15,17,20). The van der Waals surface area contributed by atoms with Crippen LogP contribution in [0.2, 0.25) is 0 Å². The van der Waals surface area contributed by atoms with Crippen molar-refractivity contribution < 1.29 is 14.7 Å². The van der Waals surface area contributed by atoms with Crippen LogP contribution in [0.4, 0.5) is 10.5 Å². The van der Waals surface area contributed by atoms with Crippen molar-refractivity contribution >= 4 is 29.0 Å². The Labute approximate surface area is 123 Å². The van der Waals surface area contributed by atoms with E-state index in [9.17, 15) is 9.59 Å². The highest BCUT2D eigenvalue weighted by atomic mass is 32.1. The van der Waals surface area contributed by atoms with Crippen LogP contribution in [0.3, 0.4) is 0 Å². The molecule has 0 spiro atoms. The minimum absolute atomic E-state index is 0.0490. The third-order valence-corrected chi connectivity index (χ3v) is 3.32. The fraction of sp³-hybridized carbons (Fsp3) is 0.0769. The van der Waals surface area contributed by atoms with Gasteiger partial charge >= 0.3 is 12.0 Å². The molecule has 2 amide bonds. The summed E-state index contributed by atoms with van der Waals surface area (Å²) in [6, 6.07) is 8.09. The van der Waals surface area contributed by atoms with E-state index in [0.29, 0.717) is 16.3 Å². The monoisotopic (exact) mass is 302 g/mol. The van der Waals surface area contributed by atoms with Crippen molar-refractivity contribution in [1.82, 2.24) is 10.3 Å². The second-order valence-corrected chi connectivity index (χ2v) is 4.84. The first-order valence-electron chi connectivity index (χ1n) is 5.82. The van der Waals surface area contributed by atoms with Gasteiger partial charge in [-0.15, -0.1) is 11.3 Å². The molecular weight excluding hydrogens is 292 g/mol. The van der Waals surface area contributed by atoms with Crippen LogP contribution >= 0.6 is 11.3 Å². The van der Waals surface area contributed by atoms with Crippen molar-refractivity contribution in [2.45, 2.75) is 6.54 Å². The lowest BCUT2D eigenvalue weighted by Gasteiger charge is -2.07. The zero-order chi connectivity index (χ0) is 15.2. The molecule has 7 nitrogen and oxygen atoms in total. The van der Waals surface area contributed by atoms with Gasteiger partial charge in [-0.05, 0) is 12.1 Å². The van der Waals surface area contributed by atoms with Crippen molar-refractivity contribution in [3.63, 3.8) is 0 Å². The van der Waals surface area contributed by atoms with Gasteiger partial charge in [-0.25, -0.2) is 14.6 Å². The summed E-state index contributed by atoms with van der Waals surface area (Å²) >= 11 is 1.15. The SMILES string of the molecule is N#Cc1ccccc1NC(=O)NCc1nc(C(=O)O)cs1. The number of aromatic carboxylic acids is 1. The number of urea groups is 1. The second-order valence-electron chi connectivity index (χ2n) is 3.90. The topological polar surface area (TPSA) is 115 Å². The molecule has 1 aromatic heterocycles. The molecule has 0 aliphatic heterocycles. The molecule has 0 atom stereocenters. The number of hydrogen-bond donors (Lipinski definition) is 3. The van der Waals surface area contributed by atoms with Crippen LogP contribution in [0, 0.1) is 11.3 Å². The van der Waals surface area contributed by atoms with Gasteiger partial charge in [-0.3, -0.25) is 0 Å². The van der Waals surface area contributed by atoms with Crippen LogP contribution in [0.15, 0.2) is 29.6 Å². The Balaban J connectivity index is 1.93. The predicted molar refractivity (Wildman–Crippen MR) is 76.1 cm³/mol. The van der Waals surface area contributed by atoms with Gasteiger partial charge in [0.05, 0.1) is 17.8 Å². The van der Waals surface area contributed by atoms with Crippen LogP contribution < -0.4 is 10.6 Å². The molecule has 0 fully saturated rings. The average molecular weight is 302 g/mol. The largest absolute Gasteiger partial charge is 0.476 e. The zero-order valence-electron chi connectivity index (χ0n) is 10.7. The molecule has 0 aliphatic carbocycles. The minimum Gasteiger partial charge on any atom is -0.476 e. The summed E-state index contributed by atoms with van der Waals surface area (Å²) < 4.78 is 0. The fourth-order valence-corrected chi connectivity index (χ4v) is 2.21. The van der Waals surface area contributed by atoms with Crippen molar-refractivity contribution in [2.75, 3.05) is 5.32 Å². The number of benzene rings is 1. The molecule has 21 heavy (non-hydrogen) atoms. The summed E-state index contributed by atoms with van der Waals surface area (Å²) in [6.07, 6.45) is 0. The van der Waals surface area contributed by atoms with Gasteiger partial charge in [0.2, 0.25) is 0 Å². The fourth-order valence-electron chi connectivity index (χ4n) is 1.50. The van der Waals surface area contributed by atoms with Gasteiger partial charge in [0.15, 0.2) is 5.69 Å². The highest BCUT2D eigenvalue weighted by Crippen LogP contribution is 2.13. The number of anilines is 1. The lowest BCUT2D eigenvalue weighted by molar-refractivity contribution is 0.0691. The maximum absolute atomic E-state index is 11.7. The molecule has 2 aromatic rings. The molecule has 1 aromatic carbocycles. The summed E-state index contributed by atoms with van der Waals surface area (Å²) in [5.74, 6) is -1.11. The number of aromatic nitrogens is 1. The van der Waals surface area contributed by atoms with Gasteiger partial charge in [-0.1, -0.05) is 12.1 Å². The predicted octanol–water partition coefficient (Wildman–Crippen LogP) is 2.03.